The van der Waals surface area contributed by atoms with Gasteiger partial charge in [-0.3, -0.25) is 4.79 Å². The highest BCUT2D eigenvalue weighted by Crippen LogP contribution is 2.23. The molecule has 2 rings (SSSR count). The standard InChI is InChI=1S/C11H18N2O6S/c1-20(17,18)12-7-4-5-13(6-7)10(14)8-2-3-9(19-8)11(15)16/h7-9,12H,2-6H2,1H3,(H,15,16)/t7?,8-,9+/m0/s1. The summed E-state index contributed by atoms with van der Waals surface area (Å²) in [5, 5.41) is 8.82. The van der Waals surface area contributed by atoms with Crippen molar-refractivity contribution >= 4 is 21.9 Å². The highest BCUT2D eigenvalue weighted by atomic mass is 32.2. The zero-order valence-electron chi connectivity index (χ0n) is 11.1. The molecule has 8 nitrogen and oxygen atoms in total. The van der Waals surface area contributed by atoms with Crippen molar-refractivity contribution in [1.82, 2.24) is 9.62 Å². The molecule has 2 fully saturated rings. The number of carboxylic acid groups (broad SMARTS) is 1. The Morgan fingerprint density at radius 3 is 2.45 bits per heavy atom. The molecular weight excluding hydrogens is 288 g/mol. The molecule has 1 amide bonds. The van der Waals surface area contributed by atoms with Gasteiger partial charge in [0.1, 0.15) is 6.10 Å². The maximum atomic E-state index is 12.2. The van der Waals surface area contributed by atoms with E-state index in [1.165, 1.54) is 4.90 Å². The van der Waals surface area contributed by atoms with Gasteiger partial charge in [0.25, 0.3) is 5.91 Å². The summed E-state index contributed by atoms with van der Waals surface area (Å²) in [4.78, 5) is 24.5. The number of ether oxygens (including phenoxy) is 1. The predicted octanol–water partition coefficient (Wildman–Crippen LogP) is -1.23. The number of likely N-dealkylation sites (tertiary alicyclic amines) is 1. The van der Waals surface area contributed by atoms with Gasteiger partial charge < -0.3 is 14.7 Å². The third kappa shape index (κ3) is 3.68. The average Bonchev–Trinajstić information content (AvgIpc) is 2.93. The van der Waals surface area contributed by atoms with E-state index in [2.05, 4.69) is 4.72 Å². The van der Waals surface area contributed by atoms with Gasteiger partial charge in [0, 0.05) is 19.1 Å². The number of nitrogens with one attached hydrogen (secondary N) is 1. The first-order chi connectivity index (χ1) is 9.26. The summed E-state index contributed by atoms with van der Waals surface area (Å²) in [6, 6.07) is -0.286. The zero-order chi connectivity index (χ0) is 14.9. The molecule has 20 heavy (non-hydrogen) atoms. The minimum atomic E-state index is -3.29. The van der Waals surface area contributed by atoms with Crippen LogP contribution in [0.25, 0.3) is 0 Å². The van der Waals surface area contributed by atoms with Crippen molar-refractivity contribution in [3.8, 4) is 0 Å². The molecule has 0 aromatic carbocycles. The van der Waals surface area contributed by atoms with Crippen molar-refractivity contribution in [3.05, 3.63) is 0 Å². The topological polar surface area (TPSA) is 113 Å². The van der Waals surface area contributed by atoms with Crippen LogP contribution in [0, 0.1) is 0 Å². The normalized spacial score (nSPS) is 30.6. The Labute approximate surface area is 117 Å². The highest BCUT2D eigenvalue weighted by Gasteiger charge is 2.39. The Bertz CT molecular complexity index is 505. The molecule has 1 unspecified atom stereocenters. The van der Waals surface area contributed by atoms with Gasteiger partial charge in [-0.05, 0) is 19.3 Å². The second-order valence-electron chi connectivity index (χ2n) is 5.19. The fourth-order valence-electron chi connectivity index (χ4n) is 2.56. The lowest BCUT2D eigenvalue weighted by Gasteiger charge is -2.20. The van der Waals surface area contributed by atoms with Crippen molar-refractivity contribution in [2.45, 2.75) is 37.5 Å². The second kappa shape index (κ2) is 5.66. The van der Waals surface area contributed by atoms with Gasteiger partial charge in [0.15, 0.2) is 6.10 Å². The SMILES string of the molecule is CS(=O)(=O)NC1CCN(C(=O)[C@@H]2CC[C@H](C(=O)O)O2)C1. The number of carbonyl (C=O) groups excluding carboxylic acids is 1. The fourth-order valence-corrected chi connectivity index (χ4v) is 3.36. The lowest BCUT2D eigenvalue weighted by atomic mass is 10.2. The summed E-state index contributed by atoms with van der Waals surface area (Å²) in [5.74, 6) is -1.31. The third-order valence-electron chi connectivity index (χ3n) is 3.45. The van der Waals surface area contributed by atoms with Crippen molar-refractivity contribution in [2.24, 2.45) is 0 Å². The van der Waals surface area contributed by atoms with E-state index in [-0.39, 0.29) is 11.9 Å². The van der Waals surface area contributed by atoms with Crippen LogP contribution in [0.1, 0.15) is 19.3 Å². The lowest BCUT2D eigenvalue weighted by molar-refractivity contribution is -0.154. The predicted molar refractivity (Wildman–Crippen MR) is 68.5 cm³/mol. The smallest absolute Gasteiger partial charge is 0.332 e. The fraction of sp³-hybridized carbons (Fsp3) is 0.818. The summed E-state index contributed by atoms with van der Waals surface area (Å²) in [5.41, 5.74) is 0. The van der Waals surface area contributed by atoms with Crippen molar-refractivity contribution < 1.29 is 27.9 Å². The first-order valence-corrected chi connectivity index (χ1v) is 8.30. The molecule has 0 aliphatic carbocycles. The summed E-state index contributed by atoms with van der Waals surface area (Å²) in [7, 11) is -3.29. The van der Waals surface area contributed by atoms with Crippen LogP contribution in [0.3, 0.4) is 0 Å². The van der Waals surface area contributed by atoms with Crippen LogP contribution in [0.5, 0.6) is 0 Å². The monoisotopic (exact) mass is 306 g/mol. The van der Waals surface area contributed by atoms with E-state index in [0.29, 0.717) is 32.4 Å². The summed E-state index contributed by atoms with van der Waals surface area (Å²) in [6.45, 7) is 0.743. The van der Waals surface area contributed by atoms with E-state index in [1.807, 2.05) is 0 Å². The molecule has 2 saturated heterocycles. The minimum absolute atomic E-state index is 0.258. The number of nitrogens with zero attached hydrogens (tertiary/aromatic N) is 1. The maximum absolute atomic E-state index is 12.2. The molecular formula is C11H18N2O6S. The van der Waals surface area contributed by atoms with Crippen molar-refractivity contribution in [1.29, 1.82) is 0 Å². The first-order valence-electron chi connectivity index (χ1n) is 6.40. The summed E-state index contributed by atoms with van der Waals surface area (Å²) >= 11 is 0. The Kier molecular flexibility index (Phi) is 4.31. The Balaban J connectivity index is 1.87. The number of rotatable bonds is 4. The van der Waals surface area contributed by atoms with Crippen LogP contribution in [0.4, 0.5) is 0 Å². The Morgan fingerprint density at radius 1 is 1.25 bits per heavy atom. The van der Waals surface area contributed by atoms with E-state index in [1.54, 1.807) is 0 Å². The molecule has 0 aromatic heterocycles. The van der Waals surface area contributed by atoms with Gasteiger partial charge in [-0.15, -0.1) is 0 Å². The molecule has 2 aliphatic heterocycles. The molecule has 2 N–H and O–H groups in total. The minimum Gasteiger partial charge on any atom is -0.479 e. The zero-order valence-corrected chi connectivity index (χ0v) is 11.9. The van der Waals surface area contributed by atoms with E-state index >= 15 is 0 Å². The molecule has 0 radical (unpaired) electrons. The molecule has 0 bridgehead atoms. The lowest BCUT2D eigenvalue weighted by Crippen LogP contribution is -2.41. The molecule has 2 heterocycles. The average molecular weight is 306 g/mol. The van der Waals surface area contributed by atoms with Gasteiger partial charge in [0.05, 0.1) is 6.26 Å². The number of carboxylic acids is 1. The van der Waals surface area contributed by atoms with Crippen LogP contribution < -0.4 is 4.72 Å². The molecule has 0 aromatic rings. The van der Waals surface area contributed by atoms with Gasteiger partial charge in [-0.25, -0.2) is 17.9 Å². The largest absolute Gasteiger partial charge is 0.479 e. The Hall–Kier alpha value is -1.19. The van der Waals surface area contributed by atoms with Crippen LogP contribution in [-0.2, 0) is 24.3 Å². The van der Waals surface area contributed by atoms with Crippen LogP contribution in [0.15, 0.2) is 0 Å². The first kappa shape index (κ1) is 15.2. The summed E-state index contributed by atoms with van der Waals surface area (Å²) < 4.78 is 29.9. The molecule has 3 atom stereocenters. The number of hydrogen-bond acceptors (Lipinski definition) is 5. The number of amides is 1. The highest BCUT2D eigenvalue weighted by molar-refractivity contribution is 7.88. The van der Waals surface area contributed by atoms with E-state index in [9.17, 15) is 18.0 Å². The molecule has 9 heteroatoms. The van der Waals surface area contributed by atoms with Gasteiger partial charge in [-0.1, -0.05) is 0 Å². The third-order valence-corrected chi connectivity index (χ3v) is 4.21. The van der Waals surface area contributed by atoms with E-state index in [0.717, 1.165) is 6.26 Å². The van der Waals surface area contributed by atoms with E-state index < -0.39 is 28.2 Å². The number of carbonyl (C=O) groups is 2. The molecule has 0 saturated carbocycles. The molecule has 2 aliphatic rings. The van der Waals surface area contributed by atoms with Crippen LogP contribution in [-0.4, -0.2) is 67.9 Å². The quantitative estimate of drug-likeness (QED) is 0.672. The summed E-state index contributed by atoms with van der Waals surface area (Å²) in [6.07, 6.45) is 0.689. The number of aliphatic carboxylic acids is 1. The Morgan fingerprint density at radius 2 is 1.90 bits per heavy atom. The van der Waals surface area contributed by atoms with Crippen molar-refractivity contribution in [3.63, 3.8) is 0 Å². The van der Waals surface area contributed by atoms with Crippen molar-refractivity contribution in [2.75, 3.05) is 19.3 Å². The van der Waals surface area contributed by atoms with Gasteiger partial charge >= 0.3 is 5.97 Å². The van der Waals surface area contributed by atoms with Gasteiger partial charge in [0.2, 0.25) is 10.0 Å². The molecule has 0 spiro atoms. The second-order valence-corrected chi connectivity index (χ2v) is 6.97. The van der Waals surface area contributed by atoms with Crippen LogP contribution in [0.2, 0.25) is 0 Å². The number of sulfonamides is 1. The van der Waals surface area contributed by atoms with E-state index in [4.69, 9.17) is 9.84 Å². The number of hydrogen-bond donors (Lipinski definition) is 2. The molecule has 114 valence electrons. The van der Waals surface area contributed by atoms with Crippen LogP contribution >= 0.6 is 0 Å². The van der Waals surface area contributed by atoms with Gasteiger partial charge in [-0.2, -0.15) is 0 Å². The maximum Gasteiger partial charge on any atom is 0.332 e.